The van der Waals surface area contributed by atoms with E-state index < -0.39 is 0 Å². The molecule has 1 N–H and O–H groups in total. The summed E-state index contributed by atoms with van der Waals surface area (Å²) < 4.78 is 0. The van der Waals surface area contributed by atoms with E-state index in [0.717, 1.165) is 49.2 Å². The summed E-state index contributed by atoms with van der Waals surface area (Å²) in [5.41, 5.74) is 2.98. The number of nitrogens with one attached hydrogen (secondary N) is 1. The van der Waals surface area contributed by atoms with Crippen LogP contribution < -0.4 is 5.32 Å². The van der Waals surface area contributed by atoms with Crippen LogP contribution in [0.15, 0.2) is 30.6 Å². The Balaban J connectivity index is 1.64. The van der Waals surface area contributed by atoms with Gasteiger partial charge in [0.2, 0.25) is 0 Å². The van der Waals surface area contributed by atoms with E-state index in [-0.39, 0.29) is 0 Å². The molecular weight excluding hydrogens is 248 g/mol. The molecule has 1 saturated heterocycles. The van der Waals surface area contributed by atoms with Gasteiger partial charge in [-0.15, -0.1) is 6.42 Å². The summed E-state index contributed by atoms with van der Waals surface area (Å²) in [5.74, 6) is 2.71. The highest BCUT2D eigenvalue weighted by Gasteiger charge is 2.18. The van der Waals surface area contributed by atoms with Crippen molar-refractivity contribution >= 4 is 16.7 Å². The number of nitrogens with zero attached hydrogens (tertiary/aromatic N) is 3. The fourth-order valence-electron chi connectivity index (χ4n) is 2.65. The van der Waals surface area contributed by atoms with Crippen molar-refractivity contribution in [3.8, 4) is 12.3 Å². The van der Waals surface area contributed by atoms with E-state index in [0.29, 0.717) is 6.04 Å². The lowest BCUT2D eigenvalue weighted by molar-refractivity contribution is 0.243. The van der Waals surface area contributed by atoms with E-state index in [2.05, 4.69) is 38.2 Å². The van der Waals surface area contributed by atoms with Gasteiger partial charge in [-0.05, 0) is 31.0 Å². The number of fused-ring (bicyclic) bond motifs is 1. The van der Waals surface area contributed by atoms with E-state index in [4.69, 9.17) is 6.42 Å². The maximum absolute atomic E-state index is 5.35. The zero-order valence-electron chi connectivity index (χ0n) is 11.4. The van der Waals surface area contributed by atoms with E-state index in [1.54, 1.807) is 12.4 Å². The van der Waals surface area contributed by atoms with Gasteiger partial charge in [-0.3, -0.25) is 14.9 Å². The lowest BCUT2D eigenvalue weighted by Crippen LogP contribution is -2.39. The molecule has 1 aromatic carbocycles. The summed E-state index contributed by atoms with van der Waals surface area (Å²) in [4.78, 5) is 10.9. The molecule has 1 fully saturated rings. The van der Waals surface area contributed by atoms with Crippen molar-refractivity contribution in [3.05, 3.63) is 30.6 Å². The van der Waals surface area contributed by atoms with Gasteiger partial charge in [0.25, 0.3) is 0 Å². The molecule has 1 aliphatic rings. The monoisotopic (exact) mass is 266 g/mol. The number of aromatic nitrogens is 2. The highest BCUT2D eigenvalue weighted by molar-refractivity contribution is 5.78. The Kier molecular flexibility index (Phi) is 3.80. The average Bonchev–Trinajstić information content (AvgIpc) is 2.49. The average molecular weight is 266 g/mol. The maximum Gasteiger partial charge on any atom is 0.0907 e. The summed E-state index contributed by atoms with van der Waals surface area (Å²) in [5, 5.41) is 3.59. The first kappa shape index (κ1) is 12.9. The molecule has 102 valence electrons. The highest BCUT2D eigenvalue weighted by atomic mass is 15.1. The number of hydrogen-bond acceptors (Lipinski definition) is 4. The van der Waals surface area contributed by atoms with E-state index in [1.165, 1.54) is 0 Å². The molecule has 0 saturated carbocycles. The Labute approximate surface area is 119 Å². The second-order valence-corrected chi connectivity index (χ2v) is 5.16. The Hall–Kier alpha value is -2.12. The van der Waals surface area contributed by atoms with Crippen molar-refractivity contribution in [1.29, 1.82) is 0 Å². The standard InChI is InChI=1S/C16H18N4/c1-2-9-20-10-5-13(6-11-20)19-14-3-4-15-16(12-14)18-8-7-17-15/h1,3-4,7-8,12-13,19H,5-6,9-11H2. The van der Waals surface area contributed by atoms with Crippen molar-refractivity contribution in [2.24, 2.45) is 0 Å². The second kappa shape index (κ2) is 5.89. The maximum atomic E-state index is 5.35. The van der Waals surface area contributed by atoms with Crippen molar-refractivity contribution in [2.45, 2.75) is 18.9 Å². The van der Waals surface area contributed by atoms with E-state index >= 15 is 0 Å². The molecule has 1 aliphatic heterocycles. The van der Waals surface area contributed by atoms with Gasteiger partial charge in [0.05, 0.1) is 17.6 Å². The summed E-state index contributed by atoms with van der Waals surface area (Å²) in [6.07, 6.45) is 11.0. The summed E-state index contributed by atoms with van der Waals surface area (Å²) in [6, 6.07) is 6.66. The van der Waals surface area contributed by atoms with Gasteiger partial charge in [-0.2, -0.15) is 0 Å². The third-order valence-electron chi connectivity index (χ3n) is 3.74. The molecule has 0 radical (unpaired) electrons. The zero-order chi connectivity index (χ0) is 13.8. The normalized spacial score (nSPS) is 16.9. The molecule has 1 aromatic heterocycles. The van der Waals surface area contributed by atoms with Crippen molar-refractivity contribution in [1.82, 2.24) is 14.9 Å². The number of benzene rings is 1. The van der Waals surface area contributed by atoms with Gasteiger partial charge in [-0.25, -0.2) is 0 Å². The first-order valence-corrected chi connectivity index (χ1v) is 6.98. The molecule has 0 atom stereocenters. The van der Waals surface area contributed by atoms with Crippen molar-refractivity contribution in [2.75, 3.05) is 25.0 Å². The van der Waals surface area contributed by atoms with Gasteiger partial charge < -0.3 is 5.32 Å². The van der Waals surface area contributed by atoms with Crippen LogP contribution in [0.25, 0.3) is 11.0 Å². The summed E-state index contributed by atoms with van der Waals surface area (Å²) >= 11 is 0. The summed E-state index contributed by atoms with van der Waals surface area (Å²) in [7, 11) is 0. The molecule has 0 bridgehead atoms. The Morgan fingerprint density at radius 1 is 1.20 bits per heavy atom. The van der Waals surface area contributed by atoms with Gasteiger partial charge in [0.15, 0.2) is 0 Å². The molecule has 2 aromatic rings. The van der Waals surface area contributed by atoms with Crippen LogP contribution in [-0.4, -0.2) is 40.5 Å². The minimum atomic E-state index is 0.512. The Morgan fingerprint density at radius 2 is 1.95 bits per heavy atom. The fourth-order valence-corrected chi connectivity index (χ4v) is 2.65. The van der Waals surface area contributed by atoms with Crippen LogP contribution >= 0.6 is 0 Å². The first-order chi connectivity index (χ1) is 9.85. The molecule has 4 nitrogen and oxygen atoms in total. The minimum Gasteiger partial charge on any atom is -0.382 e. The van der Waals surface area contributed by atoms with Crippen LogP contribution in [0.4, 0.5) is 5.69 Å². The zero-order valence-corrected chi connectivity index (χ0v) is 11.4. The molecule has 0 amide bonds. The molecular formula is C16H18N4. The molecule has 0 aliphatic carbocycles. The van der Waals surface area contributed by atoms with Crippen LogP contribution in [0.2, 0.25) is 0 Å². The van der Waals surface area contributed by atoms with Gasteiger partial charge in [-0.1, -0.05) is 5.92 Å². The molecule has 3 rings (SSSR count). The molecule has 0 spiro atoms. The second-order valence-electron chi connectivity index (χ2n) is 5.16. The van der Waals surface area contributed by atoms with Gasteiger partial charge in [0.1, 0.15) is 0 Å². The van der Waals surface area contributed by atoms with Crippen LogP contribution in [0, 0.1) is 12.3 Å². The summed E-state index contributed by atoms with van der Waals surface area (Å²) in [6.45, 7) is 2.89. The molecule has 0 unspecified atom stereocenters. The molecule has 4 heteroatoms. The predicted molar refractivity (Wildman–Crippen MR) is 81.5 cm³/mol. The third-order valence-corrected chi connectivity index (χ3v) is 3.74. The Morgan fingerprint density at radius 3 is 2.70 bits per heavy atom. The number of piperidine rings is 1. The van der Waals surface area contributed by atoms with Crippen LogP contribution in [0.5, 0.6) is 0 Å². The van der Waals surface area contributed by atoms with Gasteiger partial charge in [0, 0.05) is 37.2 Å². The lowest BCUT2D eigenvalue weighted by Gasteiger charge is -2.31. The SMILES string of the molecule is C#CCN1CCC(Nc2ccc3nccnc3c2)CC1. The smallest absolute Gasteiger partial charge is 0.0907 e. The van der Waals surface area contributed by atoms with Crippen LogP contribution in [0.1, 0.15) is 12.8 Å². The largest absolute Gasteiger partial charge is 0.382 e. The topological polar surface area (TPSA) is 41.0 Å². The van der Waals surface area contributed by atoms with E-state index in [1.807, 2.05) is 6.07 Å². The van der Waals surface area contributed by atoms with Gasteiger partial charge >= 0.3 is 0 Å². The van der Waals surface area contributed by atoms with Crippen LogP contribution in [-0.2, 0) is 0 Å². The minimum absolute atomic E-state index is 0.512. The molecule has 2 heterocycles. The lowest BCUT2D eigenvalue weighted by atomic mass is 10.0. The fraction of sp³-hybridized carbons (Fsp3) is 0.375. The predicted octanol–water partition coefficient (Wildman–Crippen LogP) is 2.14. The number of anilines is 1. The molecule has 20 heavy (non-hydrogen) atoms. The number of terminal acetylenes is 1. The third kappa shape index (κ3) is 2.89. The number of hydrogen-bond donors (Lipinski definition) is 1. The van der Waals surface area contributed by atoms with E-state index in [9.17, 15) is 0 Å². The number of likely N-dealkylation sites (tertiary alicyclic amines) is 1. The highest BCUT2D eigenvalue weighted by Crippen LogP contribution is 2.19. The van der Waals surface area contributed by atoms with Crippen molar-refractivity contribution < 1.29 is 0 Å². The van der Waals surface area contributed by atoms with Crippen molar-refractivity contribution in [3.63, 3.8) is 0 Å². The first-order valence-electron chi connectivity index (χ1n) is 6.98. The van der Waals surface area contributed by atoms with Crippen LogP contribution in [0.3, 0.4) is 0 Å². The Bertz CT molecular complexity index is 624. The number of rotatable bonds is 3. The quantitative estimate of drug-likeness (QED) is 0.864.